The van der Waals surface area contributed by atoms with Crippen molar-refractivity contribution in [1.82, 2.24) is 14.7 Å². The Labute approximate surface area is 160 Å². The van der Waals surface area contributed by atoms with E-state index in [0.29, 0.717) is 18.7 Å². The minimum atomic E-state index is -0.0297. The van der Waals surface area contributed by atoms with E-state index >= 15 is 0 Å². The first-order valence-corrected chi connectivity index (χ1v) is 8.79. The molecular formula is C19H26ClN3O3. The molecule has 0 radical (unpaired) electrons. The van der Waals surface area contributed by atoms with E-state index in [2.05, 4.69) is 10.00 Å². The number of aromatic nitrogens is 2. The molecule has 0 N–H and O–H groups in total. The van der Waals surface area contributed by atoms with E-state index in [1.807, 2.05) is 44.2 Å². The van der Waals surface area contributed by atoms with E-state index in [1.54, 1.807) is 4.68 Å². The number of nitrogens with zero attached hydrogens (tertiary/aromatic N) is 3. The molecule has 2 heterocycles. The second-order valence-corrected chi connectivity index (χ2v) is 6.16. The van der Waals surface area contributed by atoms with Crippen LogP contribution in [-0.4, -0.2) is 54.1 Å². The standard InChI is InChI=1S/C19H25N3O3.ClH/c1-3-25-17-6-4-5-16(14-17)18-13-15(2)19(23)22(20-18)8-7-21-9-11-24-12-10-21;/h4-6,13-14H,3,7-12H2,1-2H3;1H. The van der Waals surface area contributed by atoms with Gasteiger partial charge in [-0.25, -0.2) is 4.68 Å². The molecule has 0 bridgehead atoms. The van der Waals surface area contributed by atoms with Crippen molar-refractivity contribution < 1.29 is 9.47 Å². The molecule has 0 saturated carbocycles. The summed E-state index contributed by atoms with van der Waals surface area (Å²) in [7, 11) is 0. The summed E-state index contributed by atoms with van der Waals surface area (Å²) < 4.78 is 12.5. The first kappa shape index (κ1) is 20.4. The molecule has 3 rings (SSSR count). The third-order valence-electron chi connectivity index (χ3n) is 4.33. The Morgan fingerprint density at radius 1 is 1.19 bits per heavy atom. The first-order valence-electron chi connectivity index (χ1n) is 8.79. The quantitative estimate of drug-likeness (QED) is 0.771. The zero-order valence-corrected chi connectivity index (χ0v) is 16.1. The predicted octanol–water partition coefficient (Wildman–Crippen LogP) is 2.37. The lowest BCUT2D eigenvalue weighted by atomic mass is 10.1. The molecule has 0 amide bonds. The molecule has 0 unspecified atom stereocenters. The molecule has 1 aliphatic rings. The zero-order chi connectivity index (χ0) is 17.6. The summed E-state index contributed by atoms with van der Waals surface area (Å²) in [6, 6.07) is 9.66. The molecular weight excluding hydrogens is 354 g/mol. The highest BCUT2D eigenvalue weighted by atomic mass is 35.5. The van der Waals surface area contributed by atoms with Crippen LogP contribution in [0, 0.1) is 6.92 Å². The monoisotopic (exact) mass is 379 g/mol. The second kappa shape index (κ2) is 9.71. The molecule has 0 atom stereocenters. The third-order valence-corrected chi connectivity index (χ3v) is 4.33. The van der Waals surface area contributed by atoms with Crippen LogP contribution < -0.4 is 10.3 Å². The van der Waals surface area contributed by atoms with Gasteiger partial charge in [-0.15, -0.1) is 12.4 Å². The second-order valence-electron chi connectivity index (χ2n) is 6.16. The molecule has 1 aliphatic heterocycles. The number of benzene rings is 1. The van der Waals surface area contributed by atoms with Gasteiger partial charge in [-0.2, -0.15) is 5.10 Å². The van der Waals surface area contributed by atoms with Crippen molar-refractivity contribution in [3.8, 4) is 17.0 Å². The number of aryl methyl sites for hydroxylation is 1. The highest BCUT2D eigenvalue weighted by molar-refractivity contribution is 5.85. The van der Waals surface area contributed by atoms with Gasteiger partial charge in [-0.3, -0.25) is 9.69 Å². The lowest BCUT2D eigenvalue weighted by Crippen LogP contribution is -2.40. The maximum atomic E-state index is 12.4. The largest absolute Gasteiger partial charge is 0.494 e. The van der Waals surface area contributed by atoms with Crippen LogP contribution in [0.15, 0.2) is 35.1 Å². The fraction of sp³-hybridized carbons (Fsp3) is 0.474. The molecule has 1 saturated heterocycles. The van der Waals surface area contributed by atoms with Crippen LogP contribution in [0.5, 0.6) is 5.75 Å². The van der Waals surface area contributed by atoms with Gasteiger partial charge in [-0.05, 0) is 32.0 Å². The van der Waals surface area contributed by atoms with Crippen molar-refractivity contribution in [2.45, 2.75) is 20.4 Å². The van der Waals surface area contributed by atoms with Crippen LogP contribution in [0.2, 0.25) is 0 Å². The van der Waals surface area contributed by atoms with E-state index in [1.165, 1.54) is 0 Å². The summed E-state index contributed by atoms with van der Waals surface area (Å²) in [5.41, 5.74) is 2.42. The SMILES string of the molecule is CCOc1cccc(-c2cc(C)c(=O)n(CCN3CCOCC3)n2)c1.Cl. The number of hydrogen-bond donors (Lipinski definition) is 0. The molecule has 7 heteroatoms. The van der Waals surface area contributed by atoms with Crippen molar-refractivity contribution in [3.63, 3.8) is 0 Å². The Kier molecular flexibility index (Phi) is 7.63. The minimum absolute atomic E-state index is 0. The highest BCUT2D eigenvalue weighted by Gasteiger charge is 2.12. The Morgan fingerprint density at radius 3 is 2.69 bits per heavy atom. The fourth-order valence-corrected chi connectivity index (χ4v) is 2.94. The van der Waals surface area contributed by atoms with Crippen LogP contribution in [-0.2, 0) is 11.3 Å². The summed E-state index contributed by atoms with van der Waals surface area (Å²) in [6.45, 7) is 9.13. The molecule has 0 aliphatic carbocycles. The normalized spacial score (nSPS) is 14.7. The molecule has 26 heavy (non-hydrogen) atoms. The summed E-state index contributed by atoms with van der Waals surface area (Å²) in [5, 5.41) is 4.58. The van der Waals surface area contributed by atoms with Gasteiger partial charge in [0.05, 0.1) is 32.1 Å². The molecule has 2 aromatic rings. The van der Waals surface area contributed by atoms with Gasteiger partial charge in [-0.1, -0.05) is 12.1 Å². The van der Waals surface area contributed by atoms with Gasteiger partial charge >= 0.3 is 0 Å². The third kappa shape index (κ3) is 5.06. The van der Waals surface area contributed by atoms with Crippen LogP contribution in [0.4, 0.5) is 0 Å². The Morgan fingerprint density at radius 2 is 1.96 bits per heavy atom. The van der Waals surface area contributed by atoms with E-state index in [0.717, 1.165) is 49.9 Å². The highest BCUT2D eigenvalue weighted by Crippen LogP contribution is 2.22. The molecule has 6 nitrogen and oxygen atoms in total. The number of morpholine rings is 1. The van der Waals surface area contributed by atoms with Crippen LogP contribution in [0.1, 0.15) is 12.5 Å². The molecule has 0 spiro atoms. The smallest absolute Gasteiger partial charge is 0.269 e. The molecule has 1 aromatic heterocycles. The fourth-order valence-electron chi connectivity index (χ4n) is 2.94. The number of rotatable bonds is 6. The summed E-state index contributed by atoms with van der Waals surface area (Å²) in [4.78, 5) is 14.7. The van der Waals surface area contributed by atoms with E-state index in [-0.39, 0.29) is 18.0 Å². The molecule has 142 valence electrons. The number of hydrogen-bond acceptors (Lipinski definition) is 5. The van der Waals surface area contributed by atoms with E-state index in [4.69, 9.17) is 9.47 Å². The maximum absolute atomic E-state index is 12.4. The summed E-state index contributed by atoms with van der Waals surface area (Å²) >= 11 is 0. The average Bonchev–Trinajstić information content (AvgIpc) is 2.64. The Balaban J connectivity index is 0.00000243. The van der Waals surface area contributed by atoms with Gasteiger partial charge in [0.25, 0.3) is 5.56 Å². The van der Waals surface area contributed by atoms with Crippen molar-refractivity contribution in [2.24, 2.45) is 0 Å². The average molecular weight is 380 g/mol. The van der Waals surface area contributed by atoms with Gasteiger partial charge in [0.15, 0.2) is 0 Å². The Bertz CT molecular complexity index is 773. The number of ether oxygens (including phenoxy) is 2. The van der Waals surface area contributed by atoms with Gasteiger partial charge in [0.2, 0.25) is 0 Å². The number of halogens is 1. The van der Waals surface area contributed by atoms with Crippen LogP contribution in [0.3, 0.4) is 0 Å². The predicted molar refractivity (Wildman–Crippen MR) is 104 cm³/mol. The van der Waals surface area contributed by atoms with Gasteiger partial charge in [0.1, 0.15) is 5.75 Å². The first-order chi connectivity index (χ1) is 12.2. The van der Waals surface area contributed by atoms with Crippen molar-refractivity contribution >= 4 is 12.4 Å². The molecule has 1 fully saturated rings. The lowest BCUT2D eigenvalue weighted by Gasteiger charge is -2.26. The van der Waals surface area contributed by atoms with Crippen molar-refractivity contribution in [3.05, 3.63) is 46.2 Å². The van der Waals surface area contributed by atoms with Crippen LogP contribution in [0.25, 0.3) is 11.3 Å². The van der Waals surface area contributed by atoms with E-state index < -0.39 is 0 Å². The topological polar surface area (TPSA) is 56.6 Å². The van der Waals surface area contributed by atoms with Crippen molar-refractivity contribution in [1.29, 1.82) is 0 Å². The van der Waals surface area contributed by atoms with Crippen LogP contribution >= 0.6 is 12.4 Å². The van der Waals surface area contributed by atoms with Gasteiger partial charge < -0.3 is 9.47 Å². The summed E-state index contributed by atoms with van der Waals surface area (Å²) in [5.74, 6) is 0.811. The Hall–Kier alpha value is -1.89. The zero-order valence-electron chi connectivity index (χ0n) is 15.3. The van der Waals surface area contributed by atoms with E-state index in [9.17, 15) is 4.79 Å². The lowest BCUT2D eigenvalue weighted by molar-refractivity contribution is 0.0358. The maximum Gasteiger partial charge on any atom is 0.269 e. The minimum Gasteiger partial charge on any atom is -0.494 e. The van der Waals surface area contributed by atoms with Gasteiger partial charge in [0, 0.05) is 30.8 Å². The van der Waals surface area contributed by atoms with Crippen molar-refractivity contribution in [2.75, 3.05) is 39.5 Å². The molecule has 1 aromatic carbocycles. The summed E-state index contributed by atoms with van der Waals surface area (Å²) in [6.07, 6.45) is 0.